The van der Waals surface area contributed by atoms with Gasteiger partial charge in [-0.2, -0.15) is 5.10 Å². The van der Waals surface area contributed by atoms with E-state index in [1.165, 1.54) is 24.3 Å². The standard InChI is InChI=1S/C21H16F2N2/c22-17-10-6-15(7-11-17)20-14-21(16-8-12-18(23)13-9-16)25(24-20)19-4-2-1-3-5-19/h1-13,21H,14H2/t21-/m0/s1. The van der Waals surface area contributed by atoms with Gasteiger partial charge in [-0.1, -0.05) is 42.5 Å². The van der Waals surface area contributed by atoms with Crippen LogP contribution in [0.15, 0.2) is 84.0 Å². The molecule has 124 valence electrons. The first-order chi connectivity index (χ1) is 12.2. The van der Waals surface area contributed by atoms with Crippen LogP contribution in [0.3, 0.4) is 0 Å². The van der Waals surface area contributed by atoms with Gasteiger partial charge in [-0.25, -0.2) is 8.78 Å². The van der Waals surface area contributed by atoms with E-state index in [4.69, 9.17) is 5.10 Å². The predicted molar refractivity (Wildman–Crippen MR) is 95.6 cm³/mol. The van der Waals surface area contributed by atoms with Crippen LogP contribution in [-0.2, 0) is 0 Å². The Kier molecular flexibility index (Phi) is 4.02. The molecule has 0 saturated carbocycles. The minimum Gasteiger partial charge on any atom is -0.257 e. The molecule has 3 aromatic carbocycles. The molecule has 0 radical (unpaired) electrons. The number of rotatable bonds is 3. The number of anilines is 1. The molecule has 2 nitrogen and oxygen atoms in total. The summed E-state index contributed by atoms with van der Waals surface area (Å²) in [5, 5.41) is 6.72. The Morgan fingerprint density at radius 2 is 1.36 bits per heavy atom. The smallest absolute Gasteiger partial charge is 0.123 e. The Balaban J connectivity index is 1.73. The molecule has 1 aliphatic rings. The molecule has 0 fully saturated rings. The molecular weight excluding hydrogens is 318 g/mol. The molecule has 1 heterocycles. The van der Waals surface area contributed by atoms with Gasteiger partial charge in [-0.05, 0) is 47.5 Å². The van der Waals surface area contributed by atoms with E-state index in [-0.39, 0.29) is 17.7 Å². The first kappa shape index (κ1) is 15.5. The minimum absolute atomic E-state index is 0.0250. The SMILES string of the molecule is Fc1ccc(C2=NN(c3ccccc3)[C@H](c3ccc(F)cc3)C2)cc1. The van der Waals surface area contributed by atoms with Gasteiger partial charge in [0.25, 0.3) is 0 Å². The van der Waals surface area contributed by atoms with E-state index >= 15 is 0 Å². The van der Waals surface area contributed by atoms with Crippen molar-refractivity contribution in [1.82, 2.24) is 0 Å². The summed E-state index contributed by atoms with van der Waals surface area (Å²) in [6.07, 6.45) is 0.673. The van der Waals surface area contributed by atoms with Crippen molar-refractivity contribution in [2.45, 2.75) is 12.5 Å². The van der Waals surface area contributed by atoms with Crippen LogP contribution in [-0.4, -0.2) is 5.71 Å². The van der Waals surface area contributed by atoms with Crippen LogP contribution in [0.2, 0.25) is 0 Å². The highest BCUT2D eigenvalue weighted by molar-refractivity contribution is 6.03. The van der Waals surface area contributed by atoms with Crippen molar-refractivity contribution in [1.29, 1.82) is 0 Å². The molecule has 0 amide bonds. The molecule has 4 rings (SSSR count). The summed E-state index contributed by atoms with van der Waals surface area (Å²) in [6.45, 7) is 0. The quantitative estimate of drug-likeness (QED) is 0.633. The fraction of sp³-hybridized carbons (Fsp3) is 0.0952. The van der Waals surface area contributed by atoms with Gasteiger partial charge in [0.1, 0.15) is 11.6 Å². The zero-order valence-electron chi connectivity index (χ0n) is 13.4. The summed E-state index contributed by atoms with van der Waals surface area (Å²) < 4.78 is 26.5. The van der Waals surface area contributed by atoms with E-state index in [1.807, 2.05) is 35.3 Å². The fourth-order valence-corrected chi connectivity index (χ4v) is 3.09. The van der Waals surface area contributed by atoms with Crippen LogP contribution >= 0.6 is 0 Å². The van der Waals surface area contributed by atoms with E-state index in [0.717, 1.165) is 22.5 Å². The van der Waals surface area contributed by atoms with Gasteiger partial charge in [0, 0.05) is 6.42 Å². The maximum Gasteiger partial charge on any atom is 0.123 e. The second-order valence-corrected chi connectivity index (χ2v) is 6.01. The van der Waals surface area contributed by atoms with Crippen LogP contribution in [0.25, 0.3) is 0 Å². The molecule has 0 unspecified atom stereocenters. The molecule has 3 aromatic rings. The largest absolute Gasteiger partial charge is 0.257 e. The van der Waals surface area contributed by atoms with E-state index in [1.54, 1.807) is 24.3 Å². The summed E-state index contributed by atoms with van der Waals surface area (Å²) in [5.41, 5.74) is 3.74. The summed E-state index contributed by atoms with van der Waals surface area (Å²) in [6, 6.07) is 22.7. The normalized spacial score (nSPS) is 16.8. The molecule has 0 bridgehead atoms. The molecule has 0 spiro atoms. The van der Waals surface area contributed by atoms with Gasteiger partial charge in [0.2, 0.25) is 0 Å². The molecular formula is C21H16F2N2. The van der Waals surface area contributed by atoms with Crippen molar-refractivity contribution in [3.05, 3.63) is 102 Å². The number of halogens is 2. The Morgan fingerprint density at radius 1 is 0.760 bits per heavy atom. The van der Waals surface area contributed by atoms with Gasteiger partial charge in [-0.3, -0.25) is 5.01 Å². The lowest BCUT2D eigenvalue weighted by Gasteiger charge is -2.23. The van der Waals surface area contributed by atoms with Crippen LogP contribution in [0, 0.1) is 11.6 Å². The molecule has 0 aliphatic carbocycles. The lowest BCUT2D eigenvalue weighted by atomic mass is 9.98. The van der Waals surface area contributed by atoms with Crippen molar-refractivity contribution < 1.29 is 8.78 Å². The zero-order chi connectivity index (χ0) is 17.2. The van der Waals surface area contributed by atoms with Gasteiger partial charge in [0.15, 0.2) is 0 Å². The van der Waals surface area contributed by atoms with E-state index in [0.29, 0.717) is 6.42 Å². The van der Waals surface area contributed by atoms with Gasteiger partial charge < -0.3 is 0 Å². The van der Waals surface area contributed by atoms with Crippen LogP contribution in [0.1, 0.15) is 23.6 Å². The first-order valence-electron chi connectivity index (χ1n) is 8.14. The Labute approximate surface area is 145 Å². The topological polar surface area (TPSA) is 15.6 Å². The van der Waals surface area contributed by atoms with E-state index in [2.05, 4.69) is 0 Å². The highest BCUT2D eigenvalue weighted by Gasteiger charge is 2.29. The molecule has 0 saturated heterocycles. The summed E-state index contributed by atoms with van der Waals surface area (Å²) in [7, 11) is 0. The molecule has 4 heteroatoms. The molecule has 1 atom stereocenters. The number of nitrogens with zero attached hydrogens (tertiary/aromatic N) is 2. The van der Waals surface area contributed by atoms with E-state index in [9.17, 15) is 8.78 Å². The fourth-order valence-electron chi connectivity index (χ4n) is 3.09. The van der Waals surface area contributed by atoms with Crippen molar-refractivity contribution >= 4 is 11.4 Å². The predicted octanol–water partition coefficient (Wildman–Crippen LogP) is 5.32. The van der Waals surface area contributed by atoms with E-state index < -0.39 is 0 Å². The Bertz CT molecular complexity index is 887. The third-order valence-corrected chi connectivity index (χ3v) is 4.36. The summed E-state index contributed by atoms with van der Waals surface area (Å²) in [4.78, 5) is 0. The second kappa shape index (κ2) is 6.48. The van der Waals surface area contributed by atoms with Crippen LogP contribution in [0.5, 0.6) is 0 Å². The minimum atomic E-state index is -0.266. The van der Waals surface area contributed by atoms with Crippen LogP contribution < -0.4 is 5.01 Å². The number of hydrogen-bond acceptors (Lipinski definition) is 2. The maximum atomic E-state index is 13.3. The molecule has 1 aliphatic heterocycles. The lowest BCUT2D eigenvalue weighted by Crippen LogP contribution is -2.18. The number of benzene rings is 3. The third kappa shape index (κ3) is 3.15. The van der Waals surface area contributed by atoms with Gasteiger partial charge in [0.05, 0.1) is 17.4 Å². The number of hydrogen-bond donors (Lipinski definition) is 0. The Morgan fingerprint density at radius 3 is 2.00 bits per heavy atom. The highest BCUT2D eigenvalue weighted by Crippen LogP contribution is 2.36. The van der Waals surface area contributed by atoms with Gasteiger partial charge in [-0.15, -0.1) is 0 Å². The Hall–Kier alpha value is -3.01. The summed E-state index contributed by atoms with van der Waals surface area (Å²) in [5.74, 6) is -0.523. The maximum absolute atomic E-state index is 13.3. The molecule has 25 heavy (non-hydrogen) atoms. The third-order valence-electron chi connectivity index (χ3n) is 4.36. The molecule has 0 N–H and O–H groups in total. The monoisotopic (exact) mass is 334 g/mol. The van der Waals surface area contributed by atoms with Crippen molar-refractivity contribution in [3.63, 3.8) is 0 Å². The lowest BCUT2D eigenvalue weighted by molar-refractivity contribution is 0.624. The summed E-state index contributed by atoms with van der Waals surface area (Å²) >= 11 is 0. The van der Waals surface area contributed by atoms with Crippen molar-refractivity contribution in [3.8, 4) is 0 Å². The second-order valence-electron chi connectivity index (χ2n) is 6.01. The molecule has 0 aromatic heterocycles. The van der Waals surface area contributed by atoms with Crippen molar-refractivity contribution in [2.24, 2.45) is 5.10 Å². The van der Waals surface area contributed by atoms with Crippen molar-refractivity contribution in [2.75, 3.05) is 5.01 Å². The number of hydrazone groups is 1. The first-order valence-corrected chi connectivity index (χ1v) is 8.14. The van der Waals surface area contributed by atoms with Gasteiger partial charge >= 0.3 is 0 Å². The highest BCUT2D eigenvalue weighted by atomic mass is 19.1. The average molecular weight is 334 g/mol. The number of para-hydroxylation sites is 1. The van der Waals surface area contributed by atoms with Crippen LogP contribution in [0.4, 0.5) is 14.5 Å². The average Bonchev–Trinajstić information content (AvgIpc) is 3.09. The zero-order valence-corrected chi connectivity index (χ0v) is 13.4.